The van der Waals surface area contributed by atoms with Gasteiger partial charge in [0.25, 0.3) is 0 Å². The van der Waals surface area contributed by atoms with Crippen molar-refractivity contribution >= 4 is 5.95 Å². The lowest BCUT2D eigenvalue weighted by molar-refractivity contribution is -0.137. The van der Waals surface area contributed by atoms with Crippen molar-refractivity contribution in [2.45, 2.75) is 6.18 Å². The third-order valence-corrected chi connectivity index (χ3v) is 2.01. The predicted molar refractivity (Wildman–Crippen MR) is 53.7 cm³/mol. The molecule has 90 valence electrons. The van der Waals surface area contributed by atoms with Gasteiger partial charge < -0.3 is 5.32 Å². The van der Waals surface area contributed by atoms with Crippen LogP contribution < -0.4 is 5.32 Å². The molecule has 0 atom stereocenters. The fraction of sp³-hybridized carbons (Fsp3) is 0.222. The van der Waals surface area contributed by atoms with Gasteiger partial charge in [-0.25, -0.2) is 9.67 Å². The van der Waals surface area contributed by atoms with Crippen molar-refractivity contribution in [3.8, 4) is 5.82 Å². The highest BCUT2D eigenvalue weighted by atomic mass is 19.4. The van der Waals surface area contributed by atoms with E-state index in [2.05, 4.69) is 20.4 Å². The van der Waals surface area contributed by atoms with Crippen LogP contribution in [-0.4, -0.2) is 26.8 Å². The van der Waals surface area contributed by atoms with Gasteiger partial charge in [0, 0.05) is 25.5 Å². The molecule has 0 fully saturated rings. The van der Waals surface area contributed by atoms with E-state index in [1.165, 1.54) is 12.3 Å². The zero-order valence-corrected chi connectivity index (χ0v) is 8.73. The molecule has 0 bridgehead atoms. The number of aromatic nitrogens is 4. The van der Waals surface area contributed by atoms with Crippen LogP contribution >= 0.6 is 0 Å². The molecule has 0 saturated carbocycles. The molecule has 0 aliphatic heterocycles. The number of anilines is 1. The molecule has 0 aliphatic carbocycles. The Bertz CT molecular complexity index is 519. The number of alkyl halides is 3. The fourth-order valence-corrected chi connectivity index (χ4v) is 1.19. The summed E-state index contributed by atoms with van der Waals surface area (Å²) in [7, 11) is 1.61. The van der Waals surface area contributed by atoms with Gasteiger partial charge in [-0.05, 0) is 0 Å². The van der Waals surface area contributed by atoms with Gasteiger partial charge in [-0.15, -0.1) is 0 Å². The molecule has 2 aromatic rings. The summed E-state index contributed by atoms with van der Waals surface area (Å²) in [4.78, 5) is 7.82. The van der Waals surface area contributed by atoms with Crippen LogP contribution in [0.5, 0.6) is 0 Å². The zero-order valence-electron chi connectivity index (χ0n) is 8.73. The first-order valence-corrected chi connectivity index (χ1v) is 4.64. The summed E-state index contributed by atoms with van der Waals surface area (Å²) in [5.41, 5.74) is -0.817. The SMILES string of the molecule is CNc1nccc(-n2cc(C(F)(F)F)cn2)n1. The van der Waals surface area contributed by atoms with E-state index in [1.807, 2.05) is 0 Å². The molecule has 0 aromatic carbocycles. The van der Waals surface area contributed by atoms with Gasteiger partial charge >= 0.3 is 6.18 Å². The number of hydrogen-bond donors (Lipinski definition) is 1. The second kappa shape index (κ2) is 4.04. The molecule has 17 heavy (non-hydrogen) atoms. The first-order valence-electron chi connectivity index (χ1n) is 4.64. The molecule has 2 aromatic heterocycles. The molecule has 0 aliphatic rings. The molecule has 0 spiro atoms. The summed E-state index contributed by atoms with van der Waals surface area (Å²) in [6, 6.07) is 1.47. The molecule has 0 saturated heterocycles. The topological polar surface area (TPSA) is 55.6 Å². The van der Waals surface area contributed by atoms with Gasteiger partial charge in [0.2, 0.25) is 5.95 Å². The number of hydrogen-bond acceptors (Lipinski definition) is 4. The van der Waals surface area contributed by atoms with E-state index in [0.717, 1.165) is 17.1 Å². The molecular weight excluding hydrogens is 235 g/mol. The Labute approximate surface area is 94.3 Å². The standard InChI is InChI=1S/C9H8F3N5/c1-13-8-14-3-2-7(16-8)17-5-6(4-15-17)9(10,11)12/h2-5H,1H3,(H,13,14,16). The van der Waals surface area contributed by atoms with E-state index in [4.69, 9.17) is 0 Å². The van der Waals surface area contributed by atoms with Crippen LogP contribution in [0.1, 0.15) is 5.56 Å². The Morgan fingerprint density at radius 1 is 1.35 bits per heavy atom. The van der Waals surface area contributed by atoms with Crippen molar-refractivity contribution in [2.75, 3.05) is 12.4 Å². The van der Waals surface area contributed by atoms with Crippen LogP contribution in [-0.2, 0) is 6.18 Å². The first kappa shape index (κ1) is 11.4. The van der Waals surface area contributed by atoms with Gasteiger partial charge in [-0.3, -0.25) is 0 Å². The minimum Gasteiger partial charge on any atom is -0.357 e. The third kappa shape index (κ3) is 2.35. The van der Waals surface area contributed by atoms with E-state index < -0.39 is 11.7 Å². The van der Waals surface area contributed by atoms with Crippen LogP contribution in [0.3, 0.4) is 0 Å². The van der Waals surface area contributed by atoms with Crippen molar-refractivity contribution in [1.82, 2.24) is 19.7 Å². The minimum absolute atomic E-state index is 0.264. The van der Waals surface area contributed by atoms with Crippen molar-refractivity contribution in [3.63, 3.8) is 0 Å². The highest BCUT2D eigenvalue weighted by molar-refractivity contribution is 5.31. The van der Waals surface area contributed by atoms with Crippen molar-refractivity contribution in [3.05, 3.63) is 30.2 Å². The van der Waals surface area contributed by atoms with Gasteiger partial charge in [0.15, 0.2) is 5.82 Å². The van der Waals surface area contributed by atoms with Crippen LogP contribution in [0.15, 0.2) is 24.7 Å². The maximum Gasteiger partial charge on any atom is 0.419 e. The van der Waals surface area contributed by atoms with E-state index in [9.17, 15) is 13.2 Å². The minimum atomic E-state index is -4.41. The Kier molecular flexibility index (Phi) is 2.70. The summed E-state index contributed by atoms with van der Waals surface area (Å²) in [6.45, 7) is 0. The Hall–Kier alpha value is -2.12. The number of nitrogens with one attached hydrogen (secondary N) is 1. The predicted octanol–water partition coefficient (Wildman–Crippen LogP) is 1.72. The van der Waals surface area contributed by atoms with Crippen LogP contribution in [0.2, 0.25) is 0 Å². The molecular formula is C9H8F3N5. The average molecular weight is 243 g/mol. The zero-order chi connectivity index (χ0) is 12.5. The van der Waals surface area contributed by atoms with E-state index in [1.54, 1.807) is 7.05 Å². The molecule has 2 rings (SSSR count). The Morgan fingerprint density at radius 3 is 2.71 bits per heavy atom. The summed E-state index contributed by atoms with van der Waals surface area (Å²) < 4.78 is 38.1. The molecule has 0 amide bonds. The van der Waals surface area contributed by atoms with Gasteiger partial charge in [-0.2, -0.15) is 23.3 Å². The lowest BCUT2D eigenvalue weighted by atomic mass is 10.4. The quantitative estimate of drug-likeness (QED) is 0.872. The summed E-state index contributed by atoms with van der Waals surface area (Å²) in [5, 5.41) is 6.30. The Morgan fingerprint density at radius 2 is 2.12 bits per heavy atom. The average Bonchev–Trinajstić information content (AvgIpc) is 2.78. The van der Waals surface area contributed by atoms with Crippen LogP contribution in [0.4, 0.5) is 19.1 Å². The van der Waals surface area contributed by atoms with Crippen LogP contribution in [0, 0.1) is 0 Å². The largest absolute Gasteiger partial charge is 0.419 e. The monoisotopic (exact) mass is 243 g/mol. The van der Waals surface area contributed by atoms with Crippen molar-refractivity contribution < 1.29 is 13.2 Å². The number of nitrogens with zero attached hydrogens (tertiary/aromatic N) is 4. The van der Waals surface area contributed by atoms with Gasteiger partial charge in [-0.1, -0.05) is 0 Å². The highest BCUT2D eigenvalue weighted by Crippen LogP contribution is 2.28. The first-order chi connectivity index (χ1) is 8.00. The van der Waals surface area contributed by atoms with Gasteiger partial charge in [0.1, 0.15) is 0 Å². The van der Waals surface area contributed by atoms with E-state index in [-0.39, 0.29) is 5.82 Å². The summed E-state index contributed by atoms with van der Waals surface area (Å²) >= 11 is 0. The molecule has 2 heterocycles. The van der Waals surface area contributed by atoms with Crippen molar-refractivity contribution in [2.24, 2.45) is 0 Å². The molecule has 8 heteroatoms. The fourth-order valence-electron chi connectivity index (χ4n) is 1.19. The maximum absolute atomic E-state index is 12.4. The van der Waals surface area contributed by atoms with Crippen molar-refractivity contribution in [1.29, 1.82) is 0 Å². The lowest BCUT2D eigenvalue weighted by Gasteiger charge is -2.03. The molecule has 0 radical (unpaired) electrons. The van der Waals surface area contributed by atoms with E-state index in [0.29, 0.717) is 5.95 Å². The Balaban J connectivity index is 2.37. The summed E-state index contributed by atoms with van der Waals surface area (Å²) in [6.07, 6.45) is -1.34. The maximum atomic E-state index is 12.4. The van der Waals surface area contributed by atoms with Gasteiger partial charge in [0.05, 0.1) is 11.8 Å². The molecule has 0 unspecified atom stereocenters. The third-order valence-electron chi connectivity index (χ3n) is 2.01. The normalized spacial score (nSPS) is 11.5. The van der Waals surface area contributed by atoms with E-state index >= 15 is 0 Å². The number of rotatable bonds is 2. The molecule has 5 nitrogen and oxygen atoms in total. The second-order valence-electron chi connectivity index (χ2n) is 3.16. The second-order valence-corrected chi connectivity index (χ2v) is 3.16. The lowest BCUT2D eigenvalue weighted by Crippen LogP contribution is -2.04. The highest BCUT2D eigenvalue weighted by Gasteiger charge is 2.32. The van der Waals surface area contributed by atoms with Crippen LogP contribution in [0.25, 0.3) is 5.82 Å². The summed E-state index contributed by atoms with van der Waals surface area (Å²) in [5.74, 6) is 0.575. The smallest absolute Gasteiger partial charge is 0.357 e. The number of halogens is 3. The molecule has 1 N–H and O–H groups in total.